The highest BCUT2D eigenvalue weighted by atomic mass is 16.2. The highest BCUT2D eigenvalue weighted by Gasteiger charge is 2.31. The van der Waals surface area contributed by atoms with E-state index in [1.54, 1.807) is 0 Å². The largest absolute Gasteiger partial charge is 0.352 e. The molecule has 1 heterocycles. The van der Waals surface area contributed by atoms with Crippen LogP contribution >= 0.6 is 0 Å². The van der Waals surface area contributed by atoms with E-state index in [2.05, 4.69) is 31.3 Å². The molecule has 1 saturated heterocycles. The molecule has 0 radical (unpaired) electrons. The van der Waals surface area contributed by atoms with E-state index in [1.165, 1.54) is 5.56 Å². The van der Waals surface area contributed by atoms with E-state index in [9.17, 15) is 9.59 Å². The summed E-state index contributed by atoms with van der Waals surface area (Å²) in [6.45, 7) is 6.11. The number of likely N-dealkylation sites (tertiary alicyclic amines) is 1. The van der Waals surface area contributed by atoms with Crippen LogP contribution in [0.2, 0.25) is 0 Å². The summed E-state index contributed by atoms with van der Waals surface area (Å²) >= 11 is 0. The lowest BCUT2D eigenvalue weighted by Crippen LogP contribution is -2.44. The molecular formula is C24H30N2O2. The van der Waals surface area contributed by atoms with Crippen molar-refractivity contribution < 1.29 is 9.59 Å². The molecule has 148 valence electrons. The van der Waals surface area contributed by atoms with Crippen LogP contribution in [0.1, 0.15) is 44.2 Å². The number of carbonyl (C=O) groups is 2. The molecule has 0 spiro atoms. The molecule has 1 N–H and O–H groups in total. The van der Waals surface area contributed by atoms with E-state index in [0.717, 1.165) is 18.4 Å². The van der Waals surface area contributed by atoms with Gasteiger partial charge in [0.25, 0.3) is 0 Å². The lowest BCUT2D eigenvalue weighted by atomic mass is 9.81. The second-order valence-electron chi connectivity index (χ2n) is 8.29. The normalized spacial score (nSPS) is 15.3. The fourth-order valence-corrected chi connectivity index (χ4v) is 3.80. The molecule has 0 saturated carbocycles. The quantitative estimate of drug-likeness (QED) is 0.828. The molecule has 0 aliphatic carbocycles. The van der Waals surface area contributed by atoms with Gasteiger partial charge in [0, 0.05) is 32.0 Å². The summed E-state index contributed by atoms with van der Waals surface area (Å²) < 4.78 is 0. The van der Waals surface area contributed by atoms with E-state index in [4.69, 9.17) is 0 Å². The Morgan fingerprint density at radius 1 is 0.964 bits per heavy atom. The van der Waals surface area contributed by atoms with Gasteiger partial charge in [-0.2, -0.15) is 0 Å². The molecule has 0 atom stereocenters. The predicted molar refractivity (Wildman–Crippen MR) is 112 cm³/mol. The Hall–Kier alpha value is -2.62. The highest BCUT2D eigenvalue weighted by molar-refractivity contribution is 5.80. The molecule has 2 aromatic carbocycles. The number of nitrogens with zero attached hydrogens (tertiary/aromatic N) is 1. The van der Waals surface area contributed by atoms with Gasteiger partial charge in [-0.05, 0) is 29.4 Å². The summed E-state index contributed by atoms with van der Waals surface area (Å²) in [5.74, 6) is 0.271. The van der Waals surface area contributed by atoms with Crippen LogP contribution in [-0.2, 0) is 21.5 Å². The van der Waals surface area contributed by atoms with Gasteiger partial charge in [-0.3, -0.25) is 9.59 Å². The zero-order valence-corrected chi connectivity index (χ0v) is 16.9. The van der Waals surface area contributed by atoms with Crippen molar-refractivity contribution in [1.29, 1.82) is 0 Å². The van der Waals surface area contributed by atoms with E-state index in [1.807, 2.05) is 53.4 Å². The average Bonchev–Trinajstić information content (AvgIpc) is 2.73. The predicted octanol–water partition coefficient (Wildman–Crippen LogP) is 3.91. The van der Waals surface area contributed by atoms with Gasteiger partial charge in [0.05, 0.1) is 0 Å². The van der Waals surface area contributed by atoms with E-state index < -0.39 is 0 Å². The third-order valence-electron chi connectivity index (χ3n) is 5.68. The summed E-state index contributed by atoms with van der Waals surface area (Å²) in [5, 5.41) is 3.03. The number of nitrogens with one attached hydrogen (secondary N) is 1. The SMILES string of the molecule is CC(C)(CC(=O)N1CCC(C(=O)NCc2ccccc2)CC1)c1ccccc1. The number of amides is 2. The van der Waals surface area contributed by atoms with E-state index in [0.29, 0.717) is 26.1 Å². The van der Waals surface area contributed by atoms with Crippen LogP contribution in [0.15, 0.2) is 60.7 Å². The molecule has 3 rings (SSSR count). The van der Waals surface area contributed by atoms with Crippen LogP contribution in [0.3, 0.4) is 0 Å². The van der Waals surface area contributed by atoms with Crippen molar-refractivity contribution >= 4 is 11.8 Å². The van der Waals surface area contributed by atoms with Crippen LogP contribution in [-0.4, -0.2) is 29.8 Å². The molecule has 2 aromatic rings. The van der Waals surface area contributed by atoms with Gasteiger partial charge in [0.15, 0.2) is 0 Å². The maximum Gasteiger partial charge on any atom is 0.223 e. The fourth-order valence-electron chi connectivity index (χ4n) is 3.80. The molecule has 1 fully saturated rings. The van der Waals surface area contributed by atoms with Crippen molar-refractivity contribution in [3.8, 4) is 0 Å². The average molecular weight is 379 g/mol. The van der Waals surface area contributed by atoms with E-state index in [-0.39, 0.29) is 23.1 Å². The Bertz CT molecular complexity index is 779. The Balaban J connectivity index is 1.46. The third-order valence-corrected chi connectivity index (χ3v) is 5.68. The maximum atomic E-state index is 12.8. The zero-order valence-electron chi connectivity index (χ0n) is 16.9. The molecule has 0 unspecified atom stereocenters. The fraction of sp³-hybridized carbons (Fsp3) is 0.417. The number of hydrogen-bond donors (Lipinski definition) is 1. The van der Waals surface area contributed by atoms with Gasteiger partial charge in [0.2, 0.25) is 11.8 Å². The Morgan fingerprint density at radius 2 is 1.54 bits per heavy atom. The summed E-state index contributed by atoms with van der Waals surface area (Å²) in [7, 11) is 0. The minimum absolute atomic E-state index is 0.00473. The number of benzene rings is 2. The monoisotopic (exact) mass is 378 g/mol. The van der Waals surface area contributed by atoms with Crippen molar-refractivity contribution in [1.82, 2.24) is 10.2 Å². The summed E-state index contributed by atoms with van der Waals surface area (Å²) in [5.41, 5.74) is 2.09. The number of piperidine rings is 1. The van der Waals surface area contributed by atoms with Crippen molar-refractivity contribution in [3.63, 3.8) is 0 Å². The zero-order chi connectivity index (χ0) is 20.0. The molecule has 1 aliphatic rings. The molecule has 2 amide bonds. The first-order valence-electron chi connectivity index (χ1n) is 10.1. The molecule has 4 nitrogen and oxygen atoms in total. The van der Waals surface area contributed by atoms with Crippen LogP contribution in [0.4, 0.5) is 0 Å². The van der Waals surface area contributed by atoms with Gasteiger partial charge in [0.1, 0.15) is 0 Å². The smallest absolute Gasteiger partial charge is 0.223 e. The summed E-state index contributed by atoms with van der Waals surface area (Å²) in [6, 6.07) is 20.1. The minimum atomic E-state index is -0.192. The molecule has 0 aromatic heterocycles. The van der Waals surface area contributed by atoms with Gasteiger partial charge >= 0.3 is 0 Å². The standard InChI is InChI=1S/C24H30N2O2/c1-24(2,21-11-7-4-8-12-21)17-22(27)26-15-13-20(14-16-26)23(28)25-18-19-9-5-3-6-10-19/h3-12,20H,13-18H2,1-2H3,(H,25,28). The number of hydrogen-bond acceptors (Lipinski definition) is 2. The topological polar surface area (TPSA) is 49.4 Å². The van der Waals surface area contributed by atoms with Crippen molar-refractivity contribution in [2.24, 2.45) is 5.92 Å². The summed E-state index contributed by atoms with van der Waals surface area (Å²) in [4.78, 5) is 27.2. The Labute approximate surface area is 167 Å². The van der Waals surface area contributed by atoms with Gasteiger partial charge < -0.3 is 10.2 Å². The third kappa shape index (κ3) is 5.22. The van der Waals surface area contributed by atoms with Crippen molar-refractivity contribution in [2.45, 2.75) is 45.1 Å². The summed E-state index contributed by atoms with van der Waals surface area (Å²) in [6.07, 6.45) is 1.96. The second kappa shape index (κ2) is 9.05. The first-order valence-corrected chi connectivity index (χ1v) is 10.1. The van der Waals surface area contributed by atoms with Gasteiger partial charge in [-0.25, -0.2) is 0 Å². The van der Waals surface area contributed by atoms with Crippen molar-refractivity contribution in [2.75, 3.05) is 13.1 Å². The molecule has 4 heteroatoms. The first kappa shape index (κ1) is 20.1. The van der Waals surface area contributed by atoms with Crippen LogP contribution < -0.4 is 5.32 Å². The number of rotatable bonds is 6. The molecule has 1 aliphatic heterocycles. The van der Waals surface area contributed by atoms with E-state index >= 15 is 0 Å². The molecule has 0 bridgehead atoms. The van der Waals surface area contributed by atoms with Crippen molar-refractivity contribution in [3.05, 3.63) is 71.8 Å². The molecule has 28 heavy (non-hydrogen) atoms. The lowest BCUT2D eigenvalue weighted by Gasteiger charge is -2.34. The Kier molecular flexibility index (Phi) is 6.50. The van der Waals surface area contributed by atoms with Crippen LogP contribution in [0, 0.1) is 5.92 Å². The minimum Gasteiger partial charge on any atom is -0.352 e. The second-order valence-corrected chi connectivity index (χ2v) is 8.29. The Morgan fingerprint density at radius 3 is 2.14 bits per heavy atom. The van der Waals surface area contributed by atoms with Crippen LogP contribution in [0.5, 0.6) is 0 Å². The molecular weight excluding hydrogens is 348 g/mol. The highest BCUT2D eigenvalue weighted by Crippen LogP contribution is 2.28. The first-order chi connectivity index (χ1) is 13.5. The van der Waals surface area contributed by atoms with Gasteiger partial charge in [-0.1, -0.05) is 74.5 Å². The van der Waals surface area contributed by atoms with Gasteiger partial charge in [-0.15, -0.1) is 0 Å². The van der Waals surface area contributed by atoms with Crippen LogP contribution in [0.25, 0.3) is 0 Å². The lowest BCUT2D eigenvalue weighted by molar-refractivity contribution is -0.136. The maximum absolute atomic E-state index is 12.8. The number of carbonyl (C=O) groups excluding carboxylic acids is 2.